The van der Waals surface area contributed by atoms with Crippen molar-refractivity contribution in [3.8, 4) is 22.5 Å². The van der Waals surface area contributed by atoms with Crippen LogP contribution in [0.25, 0.3) is 33.8 Å². The number of pyridine rings is 2. The molecule has 0 fully saturated rings. The second-order valence-electron chi connectivity index (χ2n) is 15.6. The number of carboxylic acid groups (broad SMARTS) is 3. The molecule has 0 bridgehead atoms. The number of fused-ring (bicyclic) bond motifs is 2. The van der Waals surface area contributed by atoms with Gasteiger partial charge in [0.25, 0.3) is 0 Å². The topological polar surface area (TPSA) is 274 Å². The van der Waals surface area contributed by atoms with Crippen LogP contribution in [0.5, 0.6) is 0 Å². The molecule has 2 aromatic carbocycles. The van der Waals surface area contributed by atoms with E-state index in [1.54, 1.807) is 38.0 Å². The Bertz CT molecular complexity index is 2540. The highest BCUT2D eigenvalue weighted by Crippen LogP contribution is 2.28. The third-order valence-electron chi connectivity index (χ3n) is 9.84. The number of rotatable bonds is 13. The van der Waals surface area contributed by atoms with Gasteiger partial charge in [0.15, 0.2) is 18.3 Å². The van der Waals surface area contributed by atoms with Gasteiger partial charge in [-0.1, -0.05) is 71.8 Å². The minimum Gasteiger partial charge on any atom is -0.479 e. The number of aliphatic hydroxyl groups excluding tert-OH is 3. The summed E-state index contributed by atoms with van der Waals surface area (Å²) in [6.45, 7) is 8.21. The predicted octanol–water partition coefficient (Wildman–Crippen LogP) is 2.73. The van der Waals surface area contributed by atoms with E-state index in [1.807, 2.05) is 59.3 Å². The molecule has 6 N–H and O–H groups in total. The maximum atomic E-state index is 12.3. The van der Waals surface area contributed by atoms with Crippen molar-refractivity contribution in [1.82, 2.24) is 28.6 Å². The average Bonchev–Trinajstić information content (AvgIpc) is 3.79. The third-order valence-corrected chi connectivity index (χ3v) is 9.84. The number of aliphatic carboxylic acids is 3. The molecule has 0 radical (unpaired) electrons. The molecule has 65 heavy (non-hydrogen) atoms. The number of benzene rings is 2. The maximum absolute atomic E-state index is 12.3. The fourth-order valence-electron chi connectivity index (χ4n) is 6.06. The van der Waals surface area contributed by atoms with Crippen LogP contribution in [0.15, 0.2) is 85.2 Å². The number of amides is 2. The number of likely N-dealkylation sites (N-methyl/N-ethyl adjacent to an activating group) is 2. The molecule has 0 aliphatic rings. The van der Waals surface area contributed by atoms with Gasteiger partial charge in [-0.2, -0.15) is 0 Å². The zero-order valence-electron chi connectivity index (χ0n) is 37.0. The zero-order chi connectivity index (χ0) is 48.4. The average molecular weight is 897 g/mol. The summed E-state index contributed by atoms with van der Waals surface area (Å²) in [7, 11) is 7.12. The minimum atomic E-state index is -2.64. The first-order valence-electron chi connectivity index (χ1n) is 19.9. The van der Waals surface area contributed by atoms with Crippen molar-refractivity contribution in [2.75, 3.05) is 28.2 Å². The molecule has 4 unspecified atom stereocenters. The number of aryl methyl sites for hydroxylation is 4. The van der Waals surface area contributed by atoms with Crippen LogP contribution in [-0.2, 0) is 46.3 Å². The van der Waals surface area contributed by atoms with Crippen LogP contribution in [0.3, 0.4) is 0 Å². The van der Waals surface area contributed by atoms with Gasteiger partial charge in [-0.3, -0.25) is 9.59 Å². The number of nitrogens with zero attached hydrogens (tertiary/aromatic N) is 6. The molecule has 19 nitrogen and oxygen atoms in total. The van der Waals surface area contributed by atoms with Crippen molar-refractivity contribution in [1.29, 1.82) is 0 Å². The highest BCUT2D eigenvalue weighted by atomic mass is 16.6. The van der Waals surface area contributed by atoms with Gasteiger partial charge in [-0.15, -0.1) is 0 Å². The van der Waals surface area contributed by atoms with Crippen molar-refractivity contribution in [2.45, 2.75) is 65.0 Å². The SMILES string of the molecule is Cc1ccc(-c2nc3ccc(C)cn3c2CC(=O)N(C)C)cc1.Cc1ccc(-c2nc3ccc(C)cn3c2CC(=O)N(C)C)cc1.O=C(O)C(O)C(O)C(=O)OC(C(=O)O)C(O)C(=O)O. The monoisotopic (exact) mass is 896 g/mol. The molecule has 4 aromatic heterocycles. The summed E-state index contributed by atoms with van der Waals surface area (Å²) in [5.74, 6) is -7.82. The number of aliphatic hydroxyl groups is 3. The number of carbonyl (C=O) groups is 6. The molecule has 0 saturated heterocycles. The van der Waals surface area contributed by atoms with Crippen LogP contribution in [0.2, 0.25) is 0 Å². The molecule has 6 aromatic rings. The lowest BCUT2D eigenvalue weighted by atomic mass is 10.1. The molecule has 0 aliphatic heterocycles. The number of aromatic nitrogens is 4. The van der Waals surface area contributed by atoms with Crippen molar-refractivity contribution in [3.63, 3.8) is 0 Å². The molecule has 19 heteroatoms. The van der Waals surface area contributed by atoms with Crippen molar-refractivity contribution >= 4 is 47.0 Å². The second-order valence-corrected chi connectivity index (χ2v) is 15.6. The van der Waals surface area contributed by atoms with E-state index in [2.05, 4.69) is 67.1 Å². The largest absolute Gasteiger partial charge is 0.479 e. The number of imidazole rings is 2. The number of carboxylic acids is 3. The van der Waals surface area contributed by atoms with E-state index in [1.165, 1.54) is 11.1 Å². The summed E-state index contributed by atoms with van der Waals surface area (Å²) in [6.07, 6.45) is -5.68. The molecule has 4 atom stereocenters. The number of hydrogen-bond acceptors (Lipinski definition) is 12. The first kappa shape index (κ1) is 50.2. The van der Waals surface area contributed by atoms with Gasteiger partial charge in [0.1, 0.15) is 11.3 Å². The molecule has 2 amide bonds. The van der Waals surface area contributed by atoms with Gasteiger partial charge in [0, 0.05) is 51.7 Å². The molecular weight excluding hydrogens is 845 g/mol. The Kier molecular flexibility index (Phi) is 16.8. The molecule has 0 aliphatic carbocycles. The van der Waals surface area contributed by atoms with Crippen LogP contribution >= 0.6 is 0 Å². The van der Waals surface area contributed by atoms with Crippen LogP contribution < -0.4 is 0 Å². The van der Waals surface area contributed by atoms with E-state index in [4.69, 9.17) is 40.6 Å². The van der Waals surface area contributed by atoms with Crippen molar-refractivity contribution < 1.29 is 64.1 Å². The first-order valence-corrected chi connectivity index (χ1v) is 19.9. The molecule has 0 spiro atoms. The van der Waals surface area contributed by atoms with E-state index in [9.17, 15) is 28.8 Å². The van der Waals surface area contributed by atoms with Gasteiger partial charge in [-0.05, 0) is 51.0 Å². The van der Waals surface area contributed by atoms with Crippen molar-refractivity contribution in [2.24, 2.45) is 0 Å². The second kappa shape index (κ2) is 21.7. The Morgan fingerprint density at radius 3 is 1.20 bits per heavy atom. The number of ether oxygens (including phenoxy) is 1. The lowest BCUT2D eigenvalue weighted by Gasteiger charge is -2.19. The summed E-state index contributed by atoms with van der Waals surface area (Å²) in [6, 6.07) is 24.6. The Hall–Kier alpha value is -7.48. The lowest BCUT2D eigenvalue weighted by Crippen LogP contribution is -2.47. The Balaban J connectivity index is 0.000000215. The fraction of sp³-hybridized carbons (Fsp3) is 0.304. The number of esters is 1. The summed E-state index contributed by atoms with van der Waals surface area (Å²) in [5, 5.41) is 51.8. The summed E-state index contributed by atoms with van der Waals surface area (Å²) >= 11 is 0. The van der Waals surface area contributed by atoms with E-state index < -0.39 is 48.3 Å². The molecular formula is C46H52N6O13. The van der Waals surface area contributed by atoms with Gasteiger partial charge >= 0.3 is 23.9 Å². The number of hydrogen-bond donors (Lipinski definition) is 6. The molecule has 4 heterocycles. The summed E-state index contributed by atoms with van der Waals surface area (Å²) in [5.41, 5.74) is 12.2. The molecule has 0 saturated carbocycles. The standard InChI is InChI=1S/2C19H21N3O.C8H10O11/c2*1-13-5-8-15(9-6-13)19-16(11-18(23)21(3)4)22-12-14(2)7-10-17(22)20-19;9-1(5(12)13)2(10)8(18)19-4(7(16)17)3(11)6(14)15/h2*5-10,12H,11H2,1-4H3;1-4,9-11H,(H,12,13)(H,14,15)(H,16,17). The third kappa shape index (κ3) is 12.8. The van der Waals surface area contributed by atoms with E-state index in [-0.39, 0.29) is 11.8 Å². The van der Waals surface area contributed by atoms with Gasteiger partial charge in [0.2, 0.25) is 17.9 Å². The van der Waals surface area contributed by atoms with E-state index in [0.29, 0.717) is 12.8 Å². The van der Waals surface area contributed by atoms with Gasteiger partial charge < -0.3 is 54.0 Å². The highest BCUT2D eigenvalue weighted by molar-refractivity contribution is 5.89. The van der Waals surface area contributed by atoms with Gasteiger partial charge in [0.05, 0.1) is 35.6 Å². The Morgan fingerprint density at radius 1 is 0.523 bits per heavy atom. The van der Waals surface area contributed by atoms with Gasteiger partial charge in [-0.25, -0.2) is 29.1 Å². The molecule has 6 rings (SSSR count). The van der Waals surface area contributed by atoms with Crippen LogP contribution in [0.4, 0.5) is 0 Å². The van der Waals surface area contributed by atoms with Crippen molar-refractivity contribution in [3.05, 3.63) is 119 Å². The first-order chi connectivity index (χ1) is 30.5. The summed E-state index contributed by atoms with van der Waals surface area (Å²) < 4.78 is 7.99. The smallest absolute Gasteiger partial charge is 0.348 e. The fourth-order valence-corrected chi connectivity index (χ4v) is 6.06. The van der Waals surface area contributed by atoms with Crippen LogP contribution in [0, 0.1) is 27.7 Å². The molecule has 344 valence electrons. The normalized spacial score (nSPS) is 12.7. The van der Waals surface area contributed by atoms with E-state index >= 15 is 0 Å². The Labute approximate surface area is 373 Å². The minimum absolute atomic E-state index is 0.0710. The quantitative estimate of drug-likeness (QED) is 0.0910. The lowest BCUT2D eigenvalue weighted by molar-refractivity contribution is -0.188. The van der Waals surface area contributed by atoms with E-state index in [0.717, 1.165) is 56.3 Å². The zero-order valence-corrected chi connectivity index (χ0v) is 37.0. The highest BCUT2D eigenvalue weighted by Gasteiger charge is 2.40. The van der Waals surface area contributed by atoms with Crippen LogP contribution in [0.1, 0.15) is 33.6 Å². The number of carbonyl (C=O) groups excluding carboxylic acids is 3. The summed E-state index contributed by atoms with van der Waals surface area (Å²) in [4.78, 5) is 79.4. The maximum Gasteiger partial charge on any atom is 0.348 e. The predicted molar refractivity (Wildman–Crippen MR) is 236 cm³/mol. The Morgan fingerprint density at radius 2 is 0.877 bits per heavy atom. The van der Waals surface area contributed by atoms with Crippen LogP contribution in [-0.4, -0.2) is 148 Å².